The van der Waals surface area contributed by atoms with Crippen molar-refractivity contribution in [1.82, 2.24) is 0 Å². The van der Waals surface area contributed by atoms with Crippen LogP contribution in [0.4, 0.5) is 0 Å². The van der Waals surface area contributed by atoms with Gasteiger partial charge in [0.1, 0.15) is 5.75 Å². The predicted molar refractivity (Wildman–Crippen MR) is 59.4 cm³/mol. The molecule has 1 aromatic rings. The Morgan fingerprint density at radius 1 is 1.53 bits per heavy atom. The van der Waals surface area contributed by atoms with Gasteiger partial charge in [-0.1, -0.05) is 6.08 Å². The molecule has 2 nitrogen and oxygen atoms in total. The first-order valence-corrected chi connectivity index (χ1v) is 5.21. The van der Waals surface area contributed by atoms with Crippen LogP contribution >= 0.6 is 0 Å². The summed E-state index contributed by atoms with van der Waals surface area (Å²) in [6.45, 7) is 4.35. The molecule has 1 aromatic carbocycles. The van der Waals surface area contributed by atoms with Crippen molar-refractivity contribution >= 4 is 5.78 Å². The third kappa shape index (κ3) is 2.09. The van der Waals surface area contributed by atoms with Crippen LogP contribution in [-0.4, -0.2) is 12.4 Å². The highest BCUT2D eigenvalue weighted by molar-refractivity contribution is 5.96. The third-order valence-corrected chi connectivity index (χ3v) is 2.59. The monoisotopic (exact) mass is 202 g/mol. The zero-order valence-electron chi connectivity index (χ0n) is 8.66. The van der Waals surface area contributed by atoms with Crippen molar-refractivity contribution in [2.75, 3.05) is 6.61 Å². The van der Waals surface area contributed by atoms with Gasteiger partial charge < -0.3 is 4.74 Å². The van der Waals surface area contributed by atoms with Gasteiger partial charge in [0.15, 0.2) is 5.78 Å². The minimum Gasteiger partial charge on any atom is -0.493 e. The number of allylic oxidation sites excluding steroid dienone is 1. The van der Waals surface area contributed by atoms with Crippen LogP contribution in [0.2, 0.25) is 0 Å². The third-order valence-electron chi connectivity index (χ3n) is 2.59. The molecule has 0 amide bonds. The summed E-state index contributed by atoms with van der Waals surface area (Å²) in [5.74, 6) is 1.11. The van der Waals surface area contributed by atoms with Gasteiger partial charge in [-0.2, -0.15) is 0 Å². The van der Waals surface area contributed by atoms with E-state index >= 15 is 0 Å². The number of rotatable bonds is 4. The molecule has 2 heteroatoms. The van der Waals surface area contributed by atoms with Crippen LogP contribution in [-0.2, 0) is 6.42 Å². The van der Waals surface area contributed by atoms with Gasteiger partial charge in [0, 0.05) is 18.4 Å². The Kier molecular flexibility index (Phi) is 2.86. The molecule has 0 unspecified atom stereocenters. The largest absolute Gasteiger partial charge is 0.493 e. The normalized spacial score (nSPS) is 13.1. The molecule has 0 bridgehead atoms. The van der Waals surface area contributed by atoms with Crippen molar-refractivity contribution in [3.63, 3.8) is 0 Å². The fourth-order valence-corrected chi connectivity index (χ4v) is 1.74. The Bertz CT molecular complexity index is 394. The van der Waals surface area contributed by atoms with Gasteiger partial charge in [-0.3, -0.25) is 4.79 Å². The van der Waals surface area contributed by atoms with E-state index in [2.05, 4.69) is 6.58 Å². The second kappa shape index (κ2) is 4.30. The zero-order valence-corrected chi connectivity index (χ0v) is 8.66. The van der Waals surface area contributed by atoms with E-state index in [0.717, 1.165) is 36.3 Å². The molecule has 0 saturated heterocycles. The molecule has 1 heterocycles. The maximum Gasteiger partial charge on any atom is 0.163 e. The molecule has 2 rings (SSSR count). The lowest BCUT2D eigenvalue weighted by molar-refractivity contribution is 0.0983. The Labute approximate surface area is 89.6 Å². The van der Waals surface area contributed by atoms with Gasteiger partial charge in [0.05, 0.1) is 6.61 Å². The van der Waals surface area contributed by atoms with Crippen LogP contribution in [0.25, 0.3) is 0 Å². The number of hydrogen-bond acceptors (Lipinski definition) is 2. The van der Waals surface area contributed by atoms with Gasteiger partial charge >= 0.3 is 0 Å². The summed E-state index contributed by atoms with van der Waals surface area (Å²) in [6.07, 6.45) is 3.97. The average Bonchev–Trinajstić information content (AvgIpc) is 2.72. The van der Waals surface area contributed by atoms with Crippen LogP contribution in [0.1, 0.15) is 28.8 Å². The van der Waals surface area contributed by atoms with Crippen molar-refractivity contribution in [2.24, 2.45) is 0 Å². The SMILES string of the molecule is C=CCCC(=O)c1ccc2c(c1)CCO2. The highest BCUT2D eigenvalue weighted by Crippen LogP contribution is 2.26. The first-order chi connectivity index (χ1) is 7.31. The van der Waals surface area contributed by atoms with E-state index in [1.54, 1.807) is 6.08 Å². The summed E-state index contributed by atoms with van der Waals surface area (Å²) in [6, 6.07) is 5.69. The quantitative estimate of drug-likeness (QED) is 0.554. The van der Waals surface area contributed by atoms with E-state index < -0.39 is 0 Å². The van der Waals surface area contributed by atoms with Crippen LogP contribution in [0.5, 0.6) is 5.75 Å². The molecule has 15 heavy (non-hydrogen) atoms. The molecule has 0 radical (unpaired) electrons. The van der Waals surface area contributed by atoms with E-state index in [-0.39, 0.29) is 5.78 Å². The van der Waals surface area contributed by atoms with E-state index in [1.165, 1.54) is 0 Å². The molecule has 0 atom stereocenters. The van der Waals surface area contributed by atoms with Crippen LogP contribution < -0.4 is 4.74 Å². The molecule has 0 saturated carbocycles. The maximum atomic E-state index is 11.7. The summed E-state index contributed by atoms with van der Waals surface area (Å²) in [4.78, 5) is 11.7. The molecule has 78 valence electrons. The van der Waals surface area contributed by atoms with Crippen molar-refractivity contribution in [1.29, 1.82) is 0 Å². The molecule has 0 spiro atoms. The maximum absolute atomic E-state index is 11.7. The molecule has 1 aliphatic heterocycles. The van der Waals surface area contributed by atoms with Crippen molar-refractivity contribution in [2.45, 2.75) is 19.3 Å². The van der Waals surface area contributed by atoms with Gasteiger partial charge in [-0.25, -0.2) is 0 Å². The van der Waals surface area contributed by atoms with Crippen molar-refractivity contribution < 1.29 is 9.53 Å². The number of carbonyl (C=O) groups is 1. The minimum absolute atomic E-state index is 0.185. The summed E-state index contributed by atoms with van der Waals surface area (Å²) >= 11 is 0. The van der Waals surface area contributed by atoms with E-state index in [9.17, 15) is 4.79 Å². The summed E-state index contributed by atoms with van der Waals surface area (Å²) in [5, 5.41) is 0. The molecule has 0 aliphatic carbocycles. The molecule has 1 aliphatic rings. The highest BCUT2D eigenvalue weighted by atomic mass is 16.5. The van der Waals surface area contributed by atoms with Gasteiger partial charge in [-0.15, -0.1) is 6.58 Å². The average molecular weight is 202 g/mol. The van der Waals surface area contributed by atoms with Crippen LogP contribution in [0, 0.1) is 0 Å². The Hall–Kier alpha value is -1.57. The summed E-state index contributed by atoms with van der Waals surface area (Å²) < 4.78 is 5.39. The smallest absolute Gasteiger partial charge is 0.163 e. The zero-order chi connectivity index (χ0) is 10.7. The van der Waals surface area contributed by atoms with Crippen LogP contribution in [0.15, 0.2) is 30.9 Å². The van der Waals surface area contributed by atoms with Gasteiger partial charge in [0.2, 0.25) is 0 Å². The lowest BCUT2D eigenvalue weighted by atomic mass is 10.0. The van der Waals surface area contributed by atoms with E-state index in [1.807, 2.05) is 18.2 Å². The van der Waals surface area contributed by atoms with E-state index in [0.29, 0.717) is 6.42 Å². The van der Waals surface area contributed by atoms with Crippen LogP contribution in [0.3, 0.4) is 0 Å². The fraction of sp³-hybridized carbons (Fsp3) is 0.308. The first kappa shape index (κ1) is 9.97. The van der Waals surface area contributed by atoms with Crippen molar-refractivity contribution in [3.8, 4) is 5.75 Å². The van der Waals surface area contributed by atoms with Crippen molar-refractivity contribution in [3.05, 3.63) is 42.0 Å². The Morgan fingerprint density at radius 3 is 3.20 bits per heavy atom. The minimum atomic E-state index is 0.185. The van der Waals surface area contributed by atoms with Gasteiger partial charge in [-0.05, 0) is 30.2 Å². The highest BCUT2D eigenvalue weighted by Gasteiger charge is 2.14. The molecule has 0 aromatic heterocycles. The number of hydrogen-bond donors (Lipinski definition) is 0. The molecule has 0 N–H and O–H groups in total. The standard InChI is InChI=1S/C13H14O2/c1-2-3-4-12(14)10-5-6-13-11(9-10)7-8-15-13/h2,5-6,9H,1,3-4,7-8H2. The molecule has 0 fully saturated rings. The fourth-order valence-electron chi connectivity index (χ4n) is 1.74. The Morgan fingerprint density at radius 2 is 2.40 bits per heavy atom. The number of fused-ring (bicyclic) bond motifs is 1. The molecular weight excluding hydrogens is 188 g/mol. The van der Waals surface area contributed by atoms with E-state index in [4.69, 9.17) is 4.74 Å². The predicted octanol–water partition coefficient (Wildman–Crippen LogP) is 2.77. The number of ketones is 1. The summed E-state index contributed by atoms with van der Waals surface area (Å²) in [7, 11) is 0. The molecular formula is C13H14O2. The summed E-state index contributed by atoms with van der Waals surface area (Å²) in [5.41, 5.74) is 1.94. The first-order valence-electron chi connectivity index (χ1n) is 5.21. The number of ether oxygens (including phenoxy) is 1. The number of benzene rings is 1. The second-order valence-electron chi connectivity index (χ2n) is 3.67. The lowest BCUT2D eigenvalue weighted by Crippen LogP contribution is -1.98. The Balaban J connectivity index is 2.15. The second-order valence-corrected chi connectivity index (χ2v) is 3.67. The number of Topliss-reactive ketones (excluding diaryl/α,β-unsaturated/α-hetero) is 1. The lowest BCUT2D eigenvalue weighted by Gasteiger charge is -2.02. The van der Waals surface area contributed by atoms with Gasteiger partial charge in [0.25, 0.3) is 0 Å². The topological polar surface area (TPSA) is 26.3 Å². The number of carbonyl (C=O) groups excluding carboxylic acids is 1.